The van der Waals surface area contributed by atoms with Gasteiger partial charge in [0.05, 0.1) is 19.3 Å². The number of hydrogen-bond donors (Lipinski definition) is 5. The van der Waals surface area contributed by atoms with E-state index in [1.165, 1.54) is 11.6 Å². The standard InChI is InChI=1S/C27H33NO5/c29-18-24-16-23(9-10-26(24)31)27(32)17-28-12-11-21-4-1-6-22(14-21)19-33-13-3-7-20-5-2-8-25(30)15-20/h1-2,4-6,8-10,14-16,27-32H,3,7,11-13,17-19H2. The van der Waals surface area contributed by atoms with Crippen LogP contribution in [-0.2, 0) is 30.8 Å². The number of hydrogen-bond acceptors (Lipinski definition) is 6. The molecular formula is C27H33NO5. The van der Waals surface area contributed by atoms with Crippen molar-refractivity contribution in [2.45, 2.75) is 38.6 Å². The summed E-state index contributed by atoms with van der Waals surface area (Å²) in [5.74, 6) is 0.326. The molecule has 0 aliphatic heterocycles. The van der Waals surface area contributed by atoms with Gasteiger partial charge in [0.1, 0.15) is 11.5 Å². The molecule has 0 heterocycles. The predicted molar refractivity (Wildman–Crippen MR) is 128 cm³/mol. The summed E-state index contributed by atoms with van der Waals surface area (Å²) < 4.78 is 5.81. The predicted octanol–water partition coefficient (Wildman–Crippen LogP) is 3.61. The summed E-state index contributed by atoms with van der Waals surface area (Å²) >= 11 is 0. The van der Waals surface area contributed by atoms with E-state index >= 15 is 0 Å². The number of ether oxygens (including phenoxy) is 1. The number of benzene rings is 3. The first-order valence-electron chi connectivity index (χ1n) is 11.3. The van der Waals surface area contributed by atoms with Gasteiger partial charge in [-0.1, -0.05) is 42.5 Å². The van der Waals surface area contributed by atoms with Crippen LogP contribution in [0.5, 0.6) is 11.5 Å². The van der Waals surface area contributed by atoms with Crippen LogP contribution in [0.25, 0.3) is 0 Å². The fourth-order valence-corrected chi connectivity index (χ4v) is 3.68. The third-order valence-corrected chi connectivity index (χ3v) is 5.51. The van der Waals surface area contributed by atoms with Gasteiger partial charge in [0, 0.05) is 18.7 Å². The molecule has 0 aromatic heterocycles. The van der Waals surface area contributed by atoms with Gasteiger partial charge in [-0.15, -0.1) is 0 Å². The van der Waals surface area contributed by atoms with Gasteiger partial charge in [-0.25, -0.2) is 0 Å². The second-order valence-corrected chi connectivity index (χ2v) is 8.16. The molecular weight excluding hydrogens is 418 g/mol. The summed E-state index contributed by atoms with van der Waals surface area (Å²) in [6.07, 6.45) is 1.89. The van der Waals surface area contributed by atoms with Crippen molar-refractivity contribution in [3.8, 4) is 11.5 Å². The highest BCUT2D eigenvalue weighted by molar-refractivity contribution is 5.36. The Kier molecular flexibility index (Phi) is 9.72. The highest BCUT2D eigenvalue weighted by Gasteiger charge is 2.10. The fourth-order valence-electron chi connectivity index (χ4n) is 3.68. The highest BCUT2D eigenvalue weighted by atomic mass is 16.5. The summed E-state index contributed by atoms with van der Waals surface area (Å²) in [7, 11) is 0. The molecule has 1 unspecified atom stereocenters. The Labute approximate surface area is 195 Å². The van der Waals surface area contributed by atoms with Gasteiger partial charge in [0.2, 0.25) is 0 Å². The monoisotopic (exact) mass is 451 g/mol. The molecule has 6 heteroatoms. The fraction of sp³-hybridized carbons (Fsp3) is 0.333. The van der Waals surface area contributed by atoms with Crippen LogP contribution in [0.15, 0.2) is 66.7 Å². The van der Waals surface area contributed by atoms with Gasteiger partial charge in [0.15, 0.2) is 0 Å². The average molecular weight is 452 g/mol. The summed E-state index contributed by atoms with van der Waals surface area (Å²) in [5, 5.41) is 42.0. The van der Waals surface area contributed by atoms with Gasteiger partial charge in [-0.05, 0) is 72.3 Å². The maximum atomic E-state index is 10.3. The van der Waals surface area contributed by atoms with Crippen molar-refractivity contribution < 1.29 is 25.2 Å². The maximum Gasteiger partial charge on any atom is 0.121 e. The van der Waals surface area contributed by atoms with Crippen molar-refractivity contribution >= 4 is 0 Å². The van der Waals surface area contributed by atoms with Crippen molar-refractivity contribution in [3.63, 3.8) is 0 Å². The topological polar surface area (TPSA) is 102 Å². The molecule has 0 bridgehead atoms. The molecule has 5 N–H and O–H groups in total. The lowest BCUT2D eigenvalue weighted by atomic mass is 10.0. The lowest BCUT2D eigenvalue weighted by molar-refractivity contribution is 0.118. The molecule has 0 amide bonds. The summed E-state index contributed by atoms with van der Waals surface area (Å²) in [6.45, 7) is 2.06. The second-order valence-electron chi connectivity index (χ2n) is 8.16. The molecule has 0 radical (unpaired) electrons. The zero-order valence-corrected chi connectivity index (χ0v) is 18.8. The van der Waals surface area contributed by atoms with Crippen molar-refractivity contribution in [2.75, 3.05) is 19.7 Å². The van der Waals surface area contributed by atoms with Crippen LogP contribution in [0.1, 0.15) is 40.3 Å². The van der Waals surface area contributed by atoms with Gasteiger partial charge in [0.25, 0.3) is 0 Å². The van der Waals surface area contributed by atoms with E-state index in [1.54, 1.807) is 24.3 Å². The van der Waals surface area contributed by atoms with Gasteiger partial charge >= 0.3 is 0 Å². The van der Waals surface area contributed by atoms with E-state index in [0.29, 0.717) is 36.6 Å². The Hall–Kier alpha value is -2.90. The second kappa shape index (κ2) is 13.0. The van der Waals surface area contributed by atoms with Crippen molar-refractivity contribution in [1.29, 1.82) is 0 Å². The van der Waals surface area contributed by atoms with E-state index in [1.807, 2.05) is 18.2 Å². The minimum Gasteiger partial charge on any atom is -0.508 e. The Balaban J connectivity index is 1.35. The van der Waals surface area contributed by atoms with Gasteiger partial charge < -0.3 is 30.5 Å². The molecule has 0 saturated heterocycles. The Bertz CT molecular complexity index is 1010. The molecule has 0 aliphatic rings. The molecule has 0 aliphatic carbocycles. The third-order valence-electron chi connectivity index (χ3n) is 5.51. The minimum atomic E-state index is -0.713. The molecule has 0 spiro atoms. The van der Waals surface area contributed by atoms with E-state index in [9.17, 15) is 20.4 Å². The van der Waals surface area contributed by atoms with Gasteiger partial charge in [-0.3, -0.25) is 0 Å². The number of nitrogens with one attached hydrogen (secondary N) is 1. The molecule has 1 atom stereocenters. The highest BCUT2D eigenvalue weighted by Crippen LogP contribution is 2.22. The van der Waals surface area contributed by atoms with E-state index in [-0.39, 0.29) is 12.4 Å². The number of rotatable bonds is 13. The SMILES string of the molecule is OCc1cc(C(O)CNCCc2cccc(COCCCc3cccc(O)c3)c2)ccc1O. The summed E-state index contributed by atoms with van der Waals surface area (Å²) in [6, 6.07) is 20.4. The summed E-state index contributed by atoms with van der Waals surface area (Å²) in [5.41, 5.74) is 4.51. The number of aryl methyl sites for hydroxylation is 1. The normalized spacial score (nSPS) is 12.1. The number of aliphatic hydroxyl groups is 2. The average Bonchev–Trinajstić information content (AvgIpc) is 2.82. The number of aromatic hydroxyl groups is 2. The molecule has 176 valence electrons. The molecule has 0 saturated carbocycles. The minimum absolute atomic E-state index is 0.0294. The Morgan fingerprint density at radius 1 is 0.848 bits per heavy atom. The van der Waals surface area contributed by atoms with Gasteiger partial charge in [-0.2, -0.15) is 0 Å². The van der Waals surface area contributed by atoms with Crippen LogP contribution in [0.4, 0.5) is 0 Å². The largest absolute Gasteiger partial charge is 0.508 e. The van der Waals surface area contributed by atoms with E-state index in [2.05, 4.69) is 23.5 Å². The van der Waals surface area contributed by atoms with E-state index in [4.69, 9.17) is 4.74 Å². The first-order valence-corrected chi connectivity index (χ1v) is 11.3. The van der Waals surface area contributed by atoms with Crippen LogP contribution in [0.2, 0.25) is 0 Å². The number of phenolic OH excluding ortho intramolecular Hbond substituents is 1. The first-order chi connectivity index (χ1) is 16.0. The molecule has 3 rings (SSSR count). The van der Waals surface area contributed by atoms with E-state index < -0.39 is 6.10 Å². The molecule has 33 heavy (non-hydrogen) atoms. The zero-order valence-electron chi connectivity index (χ0n) is 18.8. The first kappa shape index (κ1) is 24.7. The smallest absolute Gasteiger partial charge is 0.121 e. The molecule has 6 nitrogen and oxygen atoms in total. The van der Waals surface area contributed by atoms with E-state index in [0.717, 1.165) is 36.9 Å². The lowest BCUT2D eigenvalue weighted by Crippen LogP contribution is -2.23. The lowest BCUT2D eigenvalue weighted by Gasteiger charge is -2.14. The van der Waals surface area contributed by atoms with Crippen molar-refractivity contribution in [3.05, 3.63) is 94.5 Å². The van der Waals surface area contributed by atoms with Crippen LogP contribution >= 0.6 is 0 Å². The van der Waals surface area contributed by atoms with Crippen LogP contribution < -0.4 is 5.32 Å². The van der Waals surface area contributed by atoms with Crippen LogP contribution in [0.3, 0.4) is 0 Å². The number of phenols is 2. The Morgan fingerprint density at radius 3 is 2.39 bits per heavy atom. The third kappa shape index (κ3) is 8.18. The molecule has 3 aromatic carbocycles. The number of aliphatic hydroxyl groups excluding tert-OH is 2. The zero-order chi connectivity index (χ0) is 23.5. The van der Waals surface area contributed by atoms with Crippen LogP contribution in [0, 0.1) is 0 Å². The molecule has 3 aromatic rings. The van der Waals surface area contributed by atoms with Crippen molar-refractivity contribution in [1.82, 2.24) is 5.32 Å². The molecule has 0 fully saturated rings. The van der Waals surface area contributed by atoms with Crippen molar-refractivity contribution in [2.24, 2.45) is 0 Å². The maximum absolute atomic E-state index is 10.3. The summed E-state index contributed by atoms with van der Waals surface area (Å²) in [4.78, 5) is 0. The Morgan fingerprint density at radius 2 is 1.61 bits per heavy atom. The quantitative estimate of drug-likeness (QED) is 0.255. The van der Waals surface area contributed by atoms with Crippen LogP contribution in [-0.4, -0.2) is 40.1 Å².